The zero-order valence-electron chi connectivity index (χ0n) is 10.8. The Morgan fingerprint density at radius 3 is 2.78 bits per heavy atom. The van der Waals surface area contributed by atoms with E-state index in [-0.39, 0.29) is 5.84 Å². The number of amidine groups is 1. The maximum absolute atomic E-state index is 8.73. The number of nitrogens with two attached hydrogens (primary N) is 1. The van der Waals surface area contributed by atoms with Crippen molar-refractivity contribution in [3.05, 3.63) is 29.3 Å². The molecule has 1 rings (SSSR count). The van der Waals surface area contributed by atoms with E-state index in [0.29, 0.717) is 24.5 Å². The minimum Gasteiger partial charge on any atom is -0.490 e. The summed E-state index contributed by atoms with van der Waals surface area (Å²) in [5, 5.41) is 11.7. The largest absolute Gasteiger partial charge is 0.490 e. The van der Waals surface area contributed by atoms with Crippen LogP contribution in [0.2, 0.25) is 0 Å². The van der Waals surface area contributed by atoms with E-state index in [0.717, 1.165) is 18.6 Å². The van der Waals surface area contributed by atoms with Crippen LogP contribution in [0.4, 0.5) is 0 Å². The lowest BCUT2D eigenvalue weighted by molar-refractivity contribution is 0.101. The molecule has 0 aliphatic heterocycles. The van der Waals surface area contributed by atoms with Gasteiger partial charge in [-0.25, -0.2) is 0 Å². The fraction of sp³-hybridized carbons (Fsp3) is 0.462. The third-order valence-electron chi connectivity index (χ3n) is 2.35. The van der Waals surface area contributed by atoms with Gasteiger partial charge in [-0.3, -0.25) is 0 Å². The van der Waals surface area contributed by atoms with E-state index in [1.807, 2.05) is 25.1 Å². The Labute approximate surface area is 107 Å². The van der Waals surface area contributed by atoms with Crippen molar-refractivity contribution < 1.29 is 14.7 Å². The van der Waals surface area contributed by atoms with Gasteiger partial charge in [0, 0.05) is 6.61 Å². The highest BCUT2D eigenvalue weighted by Crippen LogP contribution is 2.19. The summed E-state index contributed by atoms with van der Waals surface area (Å²) in [5.74, 6) is 0.638. The van der Waals surface area contributed by atoms with Gasteiger partial charge in [-0.2, -0.15) is 0 Å². The van der Waals surface area contributed by atoms with Crippen molar-refractivity contribution in [2.24, 2.45) is 10.9 Å². The summed E-state index contributed by atoms with van der Waals surface area (Å²) in [6.07, 6.45) is 0.986. The van der Waals surface area contributed by atoms with Crippen molar-refractivity contribution in [2.75, 3.05) is 19.8 Å². The van der Waals surface area contributed by atoms with Crippen molar-refractivity contribution in [3.8, 4) is 5.75 Å². The van der Waals surface area contributed by atoms with Gasteiger partial charge in [0.1, 0.15) is 12.4 Å². The highest BCUT2D eigenvalue weighted by molar-refractivity contribution is 5.99. The average Bonchev–Trinajstić information content (AvgIpc) is 2.39. The highest BCUT2D eigenvalue weighted by Gasteiger charge is 2.08. The first-order valence-corrected chi connectivity index (χ1v) is 5.98. The van der Waals surface area contributed by atoms with Gasteiger partial charge in [0.05, 0.1) is 12.2 Å². The number of hydrogen-bond acceptors (Lipinski definition) is 4. The molecule has 0 radical (unpaired) electrons. The molecule has 0 spiro atoms. The zero-order chi connectivity index (χ0) is 13.4. The smallest absolute Gasteiger partial charge is 0.173 e. The van der Waals surface area contributed by atoms with E-state index in [9.17, 15) is 0 Å². The highest BCUT2D eigenvalue weighted by atomic mass is 16.5. The maximum Gasteiger partial charge on any atom is 0.173 e. The first kappa shape index (κ1) is 14.3. The molecule has 0 unspecified atom stereocenters. The molecule has 0 aromatic heterocycles. The molecule has 0 atom stereocenters. The van der Waals surface area contributed by atoms with Crippen LogP contribution in [0.1, 0.15) is 24.5 Å². The summed E-state index contributed by atoms with van der Waals surface area (Å²) in [6.45, 7) is 5.68. The number of hydrogen-bond donors (Lipinski definition) is 2. The third-order valence-corrected chi connectivity index (χ3v) is 2.35. The number of oxime groups is 1. The standard InChI is InChI=1S/C13H20N2O3/c1-3-6-17-7-8-18-12-5-4-10(2)9-11(12)13(14)15-16/h4-5,9,16H,3,6-8H2,1-2H3,(H2,14,15). The van der Waals surface area contributed by atoms with Crippen LogP contribution in [-0.4, -0.2) is 30.9 Å². The number of benzene rings is 1. The molecule has 0 amide bonds. The van der Waals surface area contributed by atoms with E-state index in [4.69, 9.17) is 20.4 Å². The van der Waals surface area contributed by atoms with Crippen LogP contribution >= 0.6 is 0 Å². The maximum atomic E-state index is 8.73. The van der Waals surface area contributed by atoms with Gasteiger partial charge in [-0.15, -0.1) is 0 Å². The Bertz CT molecular complexity index is 405. The Morgan fingerprint density at radius 1 is 1.33 bits per heavy atom. The van der Waals surface area contributed by atoms with Crippen molar-refractivity contribution in [3.63, 3.8) is 0 Å². The molecule has 0 aliphatic carbocycles. The third kappa shape index (κ3) is 4.25. The summed E-state index contributed by atoms with van der Waals surface area (Å²) < 4.78 is 10.9. The van der Waals surface area contributed by atoms with Gasteiger partial charge in [0.2, 0.25) is 0 Å². The first-order chi connectivity index (χ1) is 8.69. The fourth-order valence-electron chi connectivity index (χ4n) is 1.48. The summed E-state index contributed by atoms with van der Waals surface area (Å²) >= 11 is 0. The molecule has 5 heteroatoms. The molecule has 1 aromatic rings. The molecule has 0 heterocycles. The second-order valence-corrected chi connectivity index (χ2v) is 3.95. The van der Waals surface area contributed by atoms with E-state index in [1.54, 1.807) is 0 Å². The number of ether oxygens (including phenoxy) is 2. The number of aryl methyl sites for hydroxylation is 1. The van der Waals surface area contributed by atoms with E-state index in [2.05, 4.69) is 12.1 Å². The SMILES string of the molecule is CCCOCCOc1ccc(C)cc1/C(N)=N/O. The molecule has 0 bridgehead atoms. The van der Waals surface area contributed by atoms with Gasteiger partial charge < -0.3 is 20.4 Å². The normalized spacial score (nSPS) is 11.6. The second kappa shape index (κ2) is 7.55. The van der Waals surface area contributed by atoms with Crippen molar-refractivity contribution in [1.82, 2.24) is 0 Å². The topological polar surface area (TPSA) is 77.1 Å². The zero-order valence-corrected chi connectivity index (χ0v) is 10.8. The summed E-state index contributed by atoms with van der Waals surface area (Å²) in [7, 11) is 0. The van der Waals surface area contributed by atoms with Crippen molar-refractivity contribution in [2.45, 2.75) is 20.3 Å². The van der Waals surface area contributed by atoms with Gasteiger partial charge in [-0.05, 0) is 25.5 Å². The van der Waals surface area contributed by atoms with Crippen LogP contribution in [0, 0.1) is 6.92 Å². The predicted molar refractivity (Wildman–Crippen MR) is 70.3 cm³/mol. The van der Waals surface area contributed by atoms with Crippen LogP contribution < -0.4 is 10.5 Å². The Hall–Kier alpha value is -1.75. The molecule has 5 nitrogen and oxygen atoms in total. The van der Waals surface area contributed by atoms with Crippen LogP contribution in [0.15, 0.2) is 23.4 Å². The van der Waals surface area contributed by atoms with Gasteiger partial charge in [0.25, 0.3) is 0 Å². The first-order valence-electron chi connectivity index (χ1n) is 5.98. The van der Waals surface area contributed by atoms with E-state index < -0.39 is 0 Å². The molecule has 0 aliphatic rings. The Kier molecular flexibility index (Phi) is 6.00. The quantitative estimate of drug-likeness (QED) is 0.255. The Balaban J connectivity index is 2.64. The van der Waals surface area contributed by atoms with Crippen LogP contribution in [0.5, 0.6) is 5.75 Å². The number of nitrogens with zero attached hydrogens (tertiary/aromatic N) is 1. The molecule has 0 saturated heterocycles. The molecule has 0 saturated carbocycles. The monoisotopic (exact) mass is 252 g/mol. The molecule has 3 N–H and O–H groups in total. The molecular formula is C13H20N2O3. The second-order valence-electron chi connectivity index (χ2n) is 3.95. The lowest BCUT2D eigenvalue weighted by Crippen LogP contribution is -2.16. The van der Waals surface area contributed by atoms with Crippen LogP contribution in [0.3, 0.4) is 0 Å². The van der Waals surface area contributed by atoms with Crippen LogP contribution in [0.25, 0.3) is 0 Å². The fourth-order valence-corrected chi connectivity index (χ4v) is 1.48. The number of rotatable bonds is 7. The van der Waals surface area contributed by atoms with Gasteiger partial charge in [0.15, 0.2) is 5.84 Å². The lowest BCUT2D eigenvalue weighted by Gasteiger charge is -2.11. The van der Waals surface area contributed by atoms with E-state index in [1.165, 1.54) is 0 Å². The van der Waals surface area contributed by atoms with Crippen molar-refractivity contribution in [1.29, 1.82) is 0 Å². The molecule has 100 valence electrons. The molecule has 0 fully saturated rings. The Morgan fingerprint density at radius 2 is 2.11 bits per heavy atom. The van der Waals surface area contributed by atoms with E-state index >= 15 is 0 Å². The average molecular weight is 252 g/mol. The van der Waals surface area contributed by atoms with Crippen LogP contribution in [-0.2, 0) is 4.74 Å². The minimum atomic E-state index is 0.0446. The molecular weight excluding hydrogens is 232 g/mol. The van der Waals surface area contributed by atoms with Gasteiger partial charge >= 0.3 is 0 Å². The van der Waals surface area contributed by atoms with Crippen molar-refractivity contribution >= 4 is 5.84 Å². The summed E-state index contributed by atoms with van der Waals surface area (Å²) in [4.78, 5) is 0. The summed E-state index contributed by atoms with van der Waals surface area (Å²) in [6, 6.07) is 5.54. The molecule has 18 heavy (non-hydrogen) atoms. The molecule has 1 aromatic carbocycles. The minimum absolute atomic E-state index is 0.0446. The van der Waals surface area contributed by atoms with Gasteiger partial charge in [-0.1, -0.05) is 23.7 Å². The summed E-state index contributed by atoms with van der Waals surface area (Å²) in [5.41, 5.74) is 7.21. The lowest BCUT2D eigenvalue weighted by atomic mass is 10.1. The predicted octanol–water partition coefficient (Wildman–Crippen LogP) is 1.89.